The molecule has 1 atom stereocenters. The minimum absolute atomic E-state index is 0.0324. The highest BCUT2D eigenvalue weighted by Crippen LogP contribution is 2.19. The molecule has 2 heterocycles. The van der Waals surface area contributed by atoms with Crippen LogP contribution in [0.1, 0.15) is 17.0 Å². The third-order valence-corrected chi connectivity index (χ3v) is 2.75. The number of Topliss-reactive ketones (excluding diaryl/α,β-unsaturated/α-hetero) is 1. The predicted molar refractivity (Wildman–Crippen MR) is 51.1 cm³/mol. The fraction of sp³-hybridized carbons (Fsp3) is 0.600. The van der Waals surface area contributed by atoms with Crippen LogP contribution in [0.2, 0.25) is 0 Å². The van der Waals surface area contributed by atoms with Crippen LogP contribution in [0.4, 0.5) is 0 Å². The van der Waals surface area contributed by atoms with E-state index in [1.54, 1.807) is 0 Å². The Kier molecular flexibility index (Phi) is 2.37. The van der Waals surface area contributed by atoms with Crippen molar-refractivity contribution in [2.45, 2.75) is 20.3 Å². The van der Waals surface area contributed by atoms with Crippen LogP contribution in [-0.2, 0) is 16.0 Å². The van der Waals surface area contributed by atoms with Crippen LogP contribution < -0.4 is 0 Å². The van der Waals surface area contributed by atoms with E-state index in [0.29, 0.717) is 6.61 Å². The van der Waals surface area contributed by atoms with Crippen molar-refractivity contribution < 1.29 is 9.53 Å². The molecular formula is C10H14N2O2. The Balaban J connectivity index is 2.14. The molecule has 76 valence electrons. The normalized spacial score (nSPS) is 21.9. The van der Waals surface area contributed by atoms with Gasteiger partial charge in [0.15, 0.2) is 5.78 Å². The fourth-order valence-electron chi connectivity index (χ4n) is 1.81. The van der Waals surface area contributed by atoms with Crippen molar-refractivity contribution >= 4 is 5.78 Å². The number of ether oxygens (including phenoxy) is 1. The van der Waals surface area contributed by atoms with Gasteiger partial charge in [0.25, 0.3) is 0 Å². The molecular weight excluding hydrogens is 180 g/mol. The third kappa shape index (κ3) is 1.57. The van der Waals surface area contributed by atoms with Gasteiger partial charge in [0, 0.05) is 11.6 Å². The number of aryl methyl sites for hydroxylation is 2. The van der Waals surface area contributed by atoms with Gasteiger partial charge in [-0.3, -0.25) is 9.89 Å². The van der Waals surface area contributed by atoms with Crippen molar-refractivity contribution in [1.82, 2.24) is 10.2 Å². The van der Waals surface area contributed by atoms with Gasteiger partial charge in [0.05, 0.1) is 12.3 Å². The van der Waals surface area contributed by atoms with Crippen LogP contribution in [0.15, 0.2) is 0 Å². The molecule has 0 aromatic carbocycles. The highest BCUT2D eigenvalue weighted by Gasteiger charge is 2.26. The number of nitrogens with one attached hydrogen (secondary N) is 1. The summed E-state index contributed by atoms with van der Waals surface area (Å²) in [5.74, 6) is 0.245. The standard InChI is InChI=1S/C10H14N2O2/c1-6-9(7(2)12-11-6)3-8-4-14-5-10(8)13/h8H,3-5H2,1-2H3,(H,11,12). The molecule has 14 heavy (non-hydrogen) atoms. The van der Waals surface area contributed by atoms with Crippen molar-refractivity contribution in [2.75, 3.05) is 13.2 Å². The van der Waals surface area contributed by atoms with E-state index in [0.717, 1.165) is 23.4 Å². The molecule has 1 aromatic rings. The van der Waals surface area contributed by atoms with Gasteiger partial charge >= 0.3 is 0 Å². The lowest BCUT2D eigenvalue weighted by atomic mass is 9.97. The topological polar surface area (TPSA) is 55.0 Å². The fourth-order valence-corrected chi connectivity index (χ4v) is 1.81. The van der Waals surface area contributed by atoms with Gasteiger partial charge in [-0.1, -0.05) is 0 Å². The number of ketones is 1. The largest absolute Gasteiger partial charge is 0.373 e. The summed E-state index contributed by atoms with van der Waals surface area (Å²) in [6.07, 6.45) is 0.757. The number of carbonyl (C=O) groups is 1. The Morgan fingerprint density at radius 1 is 1.57 bits per heavy atom. The molecule has 0 radical (unpaired) electrons. The average Bonchev–Trinajstić information content (AvgIpc) is 2.67. The minimum Gasteiger partial charge on any atom is -0.373 e. The van der Waals surface area contributed by atoms with E-state index in [1.165, 1.54) is 0 Å². The van der Waals surface area contributed by atoms with Crippen LogP contribution >= 0.6 is 0 Å². The molecule has 1 saturated heterocycles. The zero-order valence-electron chi connectivity index (χ0n) is 8.46. The van der Waals surface area contributed by atoms with Gasteiger partial charge in [0.2, 0.25) is 0 Å². The van der Waals surface area contributed by atoms with Crippen LogP contribution in [0.5, 0.6) is 0 Å². The average molecular weight is 194 g/mol. The molecule has 0 spiro atoms. The Labute approximate surface area is 82.7 Å². The summed E-state index contributed by atoms with van der Waals surface area (Å²) in [7, 11) is 0. The third-order valence-electron chi connectivity index (χ3n) is 2.75. The highest BCUT2D eigenvalue weighted by molar-refractivity contribution is 5.84. The first kappa shape index (κ1) is 9.40. The summed E-state index contributed by atoms with van der Waals surface area (Å²) in [6.45, 7) is 4.78. The SMILES string of the molecule is Cc1n[nH]c(C)c1CC1COCC1=O. The van der Waals surface area contributed by atoms with Crippen LogP contribution in [0.3, 0.4) is 0 Å². The van der Waals surface area contributed by atoms with E-state index in [-0.39, 0.29) is 18.3 Å². The lowest BCUT2D eigenvalue weighted by molar-refractivity contribution is -0.120. The Hall–Kier alpha value is -1.16. The number of rotatable bonds is 2. The second-order valence-electron chi connectivity index (χ2n) is 3.80. The summed E-state index contributed by atoms with van der Waals surface area (Å²) in [4.78, 5) is 11.4. The summed E-state index contributed by atoms with van der Waals surface area (Å²) < 4.78 is 5.12. The molecule has 0 bridgehead atoms. The minimum atomic E-state index is 0.0324. The monoisotopic (exact) mass is 194 g/mol. The van der Waals surface area contributed by atoms with Gasteiger partial charge in [-0.2, -0.15) is 5.10 Å². The maximum atomic E-state index is 11.4. The zero-order valence-corrected chi connectivity index (χ0v) is 8.46. The van der Waals surface area contributed by atoms with Crippen molar-refractivity contribution in [2.24, 2.45) is 5.92 Å². The summed E-state index contributed by atoms with van der Waals surface area (Å²) in [5, 5.41) is 7.03. The summed E-state index contributed by atoms with van der Waals surface area (Å²) in [5.41, 5.74) is 3.21. The van der Waals surface area contributed by atoms with Crippen LogP contribution in [-0.4, -0.2) is 29.2 Å². The highest BCUT2D eigenvalue weighted by atomic mass is 16.5. The van der Waals surface area contributed by atoms with Gasteiger partial charge in [-0.15, -0.1) is 0 Å². The second kappa shape index (κ2) is 3.53. The lowest BCUT2D eigenvalue weighted by Crippen LogP contribution is -2.14. The predicted octanol–water partition coefficient (Wildman–Crippen LogP) is 0.785. The number of hydrogen-bond acceptors (Lipinski definition) is 3. The van der Waals surface area contributed by atoms with Crippen LogP contribution in [0, 0.1) is 19.8 Å². The van der Waals surface area contributed by atoms with E-state index < -0.39 is 0 Å². The molecule has 4 nitrogen and oxygen atoms in total. The molecule has 0 aliphatic carbocycles. The number of carbonyl (C=O) groups excluding carboxylic acids is 1. The van der Waals surface area contributed by atoms with E-state index in [1.807, 2.05) is 13.8 Å². The first-order chi connectivity index (χ1) is 6.68. The number of hydrogen-bond donors (Lipinski definition) is 1. The maximum Gasteiger partial charge on any atom is 0.164 e. The molecule has 1 aliphatic rings. The molecule has 0 saturated carbocycles. The van der Waals surface area contributed by atoms with Gasteiger partial charge in [-0.25, -0.2) is 0 Å². The molecule has 1 aliphatic heterocycles. The Morgan fingerprint density at radius 3 is 2.86 bits per heavy atom. The molecule has 2 rings (SSSR count). The molecule has 1 N–H and O–H groups in total. The zero-order chi connectivity index (χ0) is 10.1. The van der Waals surface area contributed by atoms with E-state index >= 15 is 0 Å². The summed E-state index contributed by atoms with van der Waals surface area (Å²) >= 11 is 0. The second-order valence-corrected chi connectivity index (χ2v) is 3.80. The van der Waals surface area contributed by atoms with Gasteiger partial charge in [-0.05, 0) is 25.8 Å². The Bertz CT molecular complexity index is 338. The molecule has 1 fully saturated rings. The van der Waals surface area contributed by atoms with E-state index in [9.17, 15) is 4.79 Å². The van der Waals surface area contributed by atoms with Crippen molar-refractivity contribution in [1.29, 1.82) is 0 Å². The van der Waals surface area contributed by atoms with Crippen LogP contribution in [0.25, 0.3) is 0 Å². The summed E-state index contributed by atoms with van der Waals surface area (Å²) in [6, 6.07) is 0. The number of H-pyrrole nitrogens is 1. The Morgan fingerprint density at radius 2 is 2.36 bits per heavy atom. The lowest BCUT2D eigenvalue weighted by Gasteiger charge is -2.05. The van der Waals surface area contributed by atoms with Gasteiger partial charge in [0.1, 0.15) is 6.61 Å². The molecule has 1 unspecified atom stereocenters. The van der Waals surface area contributed by atoms with E-state index in [2.05, 4.69) is 10.2 Å². The van der Waals surface area contributed by atoms with Crippen molar-refractivity contribution in [3.05, 3.63) is 17.0 Å². The first-order valence-electron chi connectivity index (χ1n) is 4.79. The molecule has 0 amide bonds. The maximum absolute atomic E-state index is 11.4. The van der Waals surface area contributed by atoms with Gasteiger partial charge < -0.3 is 4.74 Å². The van der Waals surface area contributed by atoms with Crippen molar-refractivity contribution in [3.63, 3.8) is 0 Å². The smallest absolute Gasteiger partial charge is 0.164 e. The quantitative estimate of drug-likeness (QED) is 0.757. The molecule has 4 heteroatoms. The number of aromatic nitrogens is 2. The van der Waals surface area contributed by atoms with Crippen molar-refractivity contribution in [3.8, 4) is 0 Å². The number of aromatic amines is 1. The molecule has 1 aromatic heterocycles. The first-order valence-corrected chi connectivity index (χ1v) is 4.79. The number of nitrogens with zero attached hydrogens (tertiary/aromatic N) is 1. The van der Waals surface area contributed by atoms with E-state index in [4.69, 9.17) is 4.74 Å².